The van der Waals surface area contributed by atoms with Gasteiger partial charge >= 0.3 is 0 Å². The van der Waals surface area contributed by atoms with E-state index in [0.29, 0.717) is 13.0 Å². The summed E-state index contributed by atoms with van der Waals surface area (Å²) in [4.78, 5) is 16.2. The molecule has 1 heterocycles. The molecule has 0 spiro atoms. The highest BCUT2D eigenvalue weighted by Gasteiger charge is 2.06. The predicted octanol–water partition coefficient (Wildman–Crippen LogP) is 2.96. The second-order valence-electron chi connectivity index (χ2n) is 4.02. The number of amides is 1. The lowest BCUT2D eigenvalue weighted by molar-refractivity contribution is -0.116. The van der Waals surface area contributed by atoms with Crippen LogP contribution >= 0.6 is 23.1 Å². The van der Waals surface area contributed by atoms with E-state index in [9.17, 15) is 4.79 Å². The summed E-state index contributed by atoms with van der Waals surface area (Å²) in [6, 6.07) is 5.83. The lowest BCUT2D eigenvalue weighted by Crippen LogP contribution is -2.21. The molecule has 0 saturated heterocycles. The lowest BCUT2D eigenvalue weighted by atomic mass is 10.3. The van der Waals surface area contributed by atoms with Crippen molar-refractivity contribution < 1.29 is 4.79 Å². The maximum Gasteiger partial charge on any atom is 0.225 e. The normalized spacial score (nSPS) is 10.8. The molecule has 0 saturated carbocycles. The van der Waals surface area contributed by atoms with Crippen LogP contribution in [0.2, 0.25) is 0 Å². The molecule has 0 unspecified atom stereocenters. The summed E-state index contributed by atoms with van der Waals surface area (Å²) in [7, 11) is 0. The largest absolute Gasteiger partial charge is 0.326 e. The number of hydrogen-bond acceptors (Lipinski definition) is 5. The van der Waals surface area contributed by atoms with Gasteiger partial charge in [-0.15, -0.1) is 11.3 Å². The third kappa shape index (κ3) is 3.92. The van der Waals surface area contributed by atoms with Gasteiger partial charge in [0.2, 0.25) is 5.91 Å². The number of thioether (sulfide) groups is 1. The van der Waals surface area contributed by atoms with Crippen molar-refractivity contribution in [2.45, 2.75) is 17.7 Å². The van der Waals surface area contributed by atoms with Crippen LogP contribution in [0.5, 0.6) is 0 Å². The lowest BCUT2D eigenvalue weighted by Gasteiger charge is -2.05. The highest BCUT2D eigenvalue weighted by atomic mass is 32.2. The van der Waals surface area contributed by atoms with Gasteiger partial charge in [-0.1, -0.05) is 18.7 Å². The van der Waals surface area contributed by atoms with Crippen LogP contribution in [0, 0.1) is 0 Å². The maximum absolute atomic E-state index is 11.7. The standard InChI is InChI=1S/C13H17N3OS2/c1-3-14-7-6-12(17)15-9-4-5-10-11(8-9)19-13(16-10)18-2/h4-5,8,14H,3,6-7H2,1-2H3,(H,15,17). The minimum atomic E-state index is 0.0369. The van der Waals surface area contributed by atoms with E-state index in [1.165, 1.54) is 0 Å². The van der Waals surface area contributed by atoms with E-state index in [0.717, 1.165) is 26.8 Å². The SMILES string of the molecule is CCNCCC(=O)Nc1ccc2nc(SC)sc2c1. The zero-order valence-corrected chi connectivity index (χ0v) is 12.7. The zero-order chi connectivity index (χ0) is 13.7. The summed E-state index contributed by atoms with van der Waals surface area (Å²) in [5.41, 5.74) is 1.82. The Kier molecular flexibility index (Phi) is 5.18. The van der Waals surface area contributed by atoms with Crippen LogP contribution in [0.4, 0.5) is 5.69 Å². The maximum atomic E-state index is 11.7. The number of nitrogens with zero attached hydrogens (tertiary/aromatic N) is 1. The molecule has 1 amide bonds. The summed E-state index contributed by atoms with van der Waals surface area (Å²) in [6.45, 7) is 3.62. The van der Waals surface area contributed by atoms with Crippen LogP contribution < -0.4 is 10.6 Å². The molecule has 2 rings (SSSR count). The van der Waals surface area contributed by atoms with Crippen molar-refractivity contribution in [3.05, 3.63) is 18.2 Å². The number of hydrogen-bond donors (Lipinski definition) is 2. The molecule has 0 aliphatic rings. The smallest absolute Gasteiger partial charge is 0.225 e. The van der Waals surface area contributed by atoms with E-state index >= 15 is 0 Å². The third-order valence-corrected chi connectivity index (χ3v) is 4.61. The molecule has 6 heteroatoms. The van der Waals surface area contributed by atoms with Gasteiger partial charge in [0, 0.05) is 18.7 Å². The van der Waals surface area contributed by atoms with Gasteiger partial charge in [0.05, 0.1) is 10.2 Å². The first-order valence-electron chi connectivity index (χ1n) is 6.18. The number of benzene rings is 1. The molecule has 102 valence electrons. The van der Waals surface area contributed by atoms with Gasteiger partial charge in [0.1, 0.15) is 0 Å². The Hall–Kier alpha value is -1.11. The van der Waals surface area contributed by atoms with Gasteiger partial charge in [-0.3, -0.25) is 4.79 Å². The topological polar surface area (TPSA) is 54.0 Å². The van der Waals surface area contributed by atoms with Crippen LogP contribution in [0.3, 0.4) is 0 Å². The van der Waals surface area contributed by atoms with Crippen molar-refractivity contribution >= 4 is 44.9 Å². The average molecular weight is 295 g/mol. The Morgan fingerprint density at radius 2 is 2.32 bits per heavy atom. The molecule has 1 aromatic heterocycles. The molecular weight excluding hydrogens is 278 g/mol. The van der Waals surface area contributed by atoms with Crippen molar-refractivity contribution in [3.63, 3.8) is 0 Å². The molecule has 0 atom stereocenters. The Bertz CT molecular complexity index is 568. The molecule has 0 fully saturated rings. The summed E-state index contributed by atoms with van der Waals surface area (Å²) in [6.07, 6.45) is 2.51. The van der Waals surface area contributed by atoms with Crippen molar-refractivity contribution in [1.29, 1.82) is 0 Å². The van der Waals surface area contributed by atoms with Crippen LogP contribution in [0.15, 0.2) is 22.5 Å². The van der Waals surface area contributed by atoms with Crippen LogP contribution in [0.25, 0.3) is 10.2 Å². The first-order valence-corrected chi connectivity index (χ1v) is 8.22. The second kappa shape index (κ2) is 6.88. The van der Waals surface area contributed by atoms with E-state index in [2.05, 4.69) is 15.6 Å². The number of fused-ring (bicyclic) bond motifs is 1. The van der Waals surface area contributed by atoms with Gasteiger partial charge in [-0.25, -0.2) is 4.98 Å². The van der Waals surface area contributed by atoms with Crippen molar-refractivity contribution in [3.8, 4) is 0 Å². The molecule has 4 nitrogen and oxygen atoms in total. The van der Waals surface area contributed by atoms with Gasteiger partial charge in [0.15, 0.2) is 4.34 Å². The van der Waals surface area contributed by atoms with E-state index in [1.807, 2.05) is 31.4 Å². The van der Waals surface area contributed by atoms with Crippen molar-refractivity contribution in [2.24, 2.45) is 0 Å². The highest BCUT2D eigenvalue weighted by Crippen LogP contribution is 2.29. The molecule has 0 aliphatic carbocycles. The Morgan fingerprint density at radius 1 is 1.47 bits per heavy atom. The highest BCUT2D eigenvalue weighted by molar-refractivity contribution is 8.00. The third-order valence-electron chi connectivity index (χ3n) is 2.61. The fraction of sp³-hybridized carbons (Fsp3) is 0.385. The van der Waals surface area contributed by atoms with Gasteiger partial charge in [0.25, 0.3) is 0 Å². The van der Waals surface area contributed by atoms with Gasteiger partial charge in [-0.2, -0.15) is 0 Å². The monoisotopic (exact) mass is 295 g/mol. The Balaban J connectivity index is 2.02. The zero-order valence-electron chi connectivity index (χ0n) is 11.0. The molecule has 19 heavy (non-hydrogen) atoms. The van der Waals surface area contributed by atoms with E-state index < -0.39 is 0 Å². The summed E-state index contributed by atoms with van der Waals surface area (Å²) in [5.74, 6) is 0.0369. The number of anilines is 1. The molecule has 1 aromatic carbocycles. The summed E-state index contributed by atoms with van der Waals surface area (Å²) >= 11 is 3.29. The average Bonchev–Trinajstić information content (AvgIpc) is 2.81. The Morgan fingerprint density at radius 3 is 3.05 bits per heavy atom. The van der Waals surface area contributed by atoms with Crippen molar-refractivity contribution in [1.82, 2.24) is 10.3 Å². The van der Waals surface area contributed by atoms with Crippen LogP contribution in [-0.4, -0.2) is 30.2 Å². The molecule has 0 bridgehead atoms. The predicted molar refractivity (Wildman–Crippen MR) is 83.2 cm³/mol. The van der Waals surface area contributed by atoms with Crippen LogP contribution in [-0.2, 0) is 4.79 Å². The first kappa shape index (κ1) is 14.3. The Labute approximate surface area is 121 Å². The van der Waals surface area contributed by atoms with E-state index in [4.69, 9.17) is 0 Å². The quantitative estimate of drug-likeness (QED) is 0.635. The number of nitrogens with one attached hydrogen (secondary N) is 2. The number of carbonyl (C=O) groups is 1. The molecule has 2 aromatic rings. The van der Waals surface area contributed by atoms with Crippen molar-refractivity contribution in [2.75, 3.05) is 24.7 Å². The summed E-state index contributed by atoms with van der Waals surface area (Å²) < 4.78 is 2.15. The molecular formula is C13H17N3OS2. The van der Waals surface area contributed by atoms with E-state index in [1.54, 1.807) is 23.1 Å². The van der Waals surface area contributed by atoms with E-state index in [-0.39, 0.29) is 5.91 Å². The molecule has 0 radical (unpaired) electrons. The van der Waals surface area contributed by atoms with Gasteiger partial charge in [-0.05, 0) is 31.0 Å². The minimum Gasteiger partial charge on any atom is -0.326 e. The fourth-order valence-corrected chi connectivity index (χ4v) is 3.20. The number of carbonyl (C=O) groups excluding carboxylic acids is 1. The second-order valence-corrected chi connectivity index (χ2v) is 6.10. The number of rotatable bonds is 6. The number of thiazole rings is 1. The fourth-order valence-electron chi connectivity index (χ4n) is 1.67. The minimum absolute atomic E-state index is 0.0369. The molecule has 2 N–H and O–H groups in total. The summed E-state index contributed by atoms with van der Waals surface area (Å²) in [5, 5.41) is 6.05. The number of aromatic nitrogens is 1. The van der Waals surface area contributed by atoms with Gasteiger partial charge < -0.3 is 10.6 Å². The molecule has 0 aliphatic heterocycles. The first-order chi connectivity index (χ1) is 9.22. The van der Waals surface area contributed by atoms with Crippen LogP contribution in [0.1, 0.15) is 13.3 Å².